The molecule has 27 heavy (non-hydrogen) atoms. The van der Waals surface area contributed by atoms with Gasteiger partial charge in [0, 0.05) is 26.2 Å². The normalized spacial score (nSPS) is 22.3. The van der Waals surface area contributed by atoms with E-state index in [1.54, 1.807) is 4.90 Å². The molecule has 7 heteroatoms. The standard InChI is InChI=1S/C20H26F2N2O3/c21-18(22)13-23-8-10-24(11-9-23)19(25)20(6-2-1-3-7-20)15-4-5-16-17(12-15)27-14-26-16/h4-5,12,18H,1-3,6-11,13-14H2. The fourth-order valence-electron chi connectivity index (χ4n) is 4.61. The number of benzene rings is 1. The van der Waals surface area contributed by atoms with Crippen LogP contribution in [-0.4, -0.2) is 61.6 Å². The van der Waals surface area contributed by atoms with Gasteiger partial charge in [0.2, 0.25) is 12.7 Å². The average molecular weight is 380 g/mol. The predicted molar refractivity (Wildman–Crippen MR) is 96.4 cm³/mol. The van der Waals surface area contributed by atoms with Gasteiger partial charge in [-0.15, -0.1) is 0 Å². The molecule has 2 heterocycles. The van der Waals surface area contributed by atoms with E-state index >= 15 is 0 Å². The summed E-state index contributed by atoms with van der Waals surface area (Å²) in [4.78, 5) is 17.2. The van der Waals surface area contributed by atoms with Gasteiger partial charge in [-0.1, -0.05) is 25.3 Å². The Morgan fingerprint density at radius 2 is 1.74 bits per heavy atom. The van der Waals surface area contributed by atoms with Gasteiger partial charge in [-0.25, -0.2) is 8.78 Å². The van der Waals surface area contributed by atoms with E-state index in [0.29, 0.717) is 31.9 Å². The molecule has 2 aliphatic heterocycles. The van der Waals surface area contributed by atoms with Gasteiger partial charge < -0.3 is 14.4 Å². The lowest BCUT2D eigenvalue weighted by Gasteiger charge is -2.43. The molecule has 2 fully saturated rings. The maximum Gasteiger partial charge on any atom is 0.251 e. The summed E-state index contributed by atoms with van der Waals surface area (Å²) < 4.78 is 36.2. The number of alkyl halides is 2. The first kappa shape index (κ1) is 18.5. The van der Waals surface area contributed by atoms with E-state index in [1.807, 2.05) is 23.1 Å². The lowest BCUT2D eigenvalue weighted by Crippen LogP contribution is -2.55. The molecule has 1 aromatic rings. The van der Waals surface area contributed by atoms with Crippen LogP contribution < -0.4 is 9.47 Å². The van der Waals surface area contributed by atoms with E-state index in [2.05, 4.69) is 0 Å². The Balaban J connectivity index is 1.54. The maximum atomic E-state index is 13.6. The Morgan fingerprint density at radius 3 is 2.44 bits per heavy atom. The molecule has 0 N–H and O–H groups in total. The van der Waals surface area contributed by atoms with Crippen LogP contribution in [0, 0.1) is 0 Å². The molecule has 0 unspecified atom stereocenters. The van der Waals surface area contributed by atoms with Gasteiger partial charge in [0.05, 0.1) is 12.0 Å². The summed E-state index contributed by atoms with van der Waals surface area (Å²) in [6, 6.07) is 5.84. The molecule has 1 saturated carbocycles. The van der Waals surface area contributed by atoms with Crippen LogP contribution >= 0.6 is 0 Å². The molecule has 0 radical (unpaired) electrons. The van der Waals surface area contributed by atoms with Crippen LogP contribution in [0.5, 0.6) is 11.5 Å². The number of carbonyl (C=O) groups is 1. The Bertz CT molecular complexity index is 684. The van der Waals surface area contributed by atoms with Crippen molar-refractivity contribution in [3.8, 4) is 11.5 Å². The Kier molecular flexibility index (Phi) is 5.21. The maximum absolute atomic E-state index is 13.6. The summed E-state index contributed by atoms with van der Waals surface area (Å²) in [5, 5.41) is 0. The zero-order chi connectivity index (χ0) is 18.9. The van der Waals surface area contributed by atoms with Gasteiger partial charge in [-0.2, -0.15) is 0 Å². The molecule has 1 aliphatic carbocycles. The number of carbonyl (C=O) groups excluding carboxylic acids is 1. The van der Waals surface area contributed by atoms with Gasteiger partial charge in [-0.3, -0.25) is 9.69 Å². The smallest absolute Gasteiger partial charge is 0.251 e. The van der Waals surface area contributed by atoms with Crippen molar-refractivity contribution in [1.29, 1.82) is 0 Å². The highest BCUT2D eigenvalue weighted by molar-refractivity contribution is 5.89. The Labute approximate surface area is 158 Å². The molecule has 0 atom stereocenters. The molecular weight excluding hydrogens is 354 g/mol. The van der Waals surface area contributed by atoms with E-state index in [1.165, 1.54) is 0 Å². The number of fused-ring (bicyclic) bond motifs is 1. The number of hydrogen-bond acceptors (Lipinski definition) is 4. The lowest BCUT2D eigenvalue weighted by molar-refractivity contribution is -0.141. The minimum Gasteiger partial charge on any atom is -0.454 e. The van der Waals surface area contributed by atoms with Crippen molar-refractivity contribution in [2.75, 3.05) is 39.5 Å². The fraction of sp³-hybridized carbons (Fsp3) is 0.650. The highest BCUT2D eigenvalue weighted by Gasteiger charge is 2.44. The van der Waals surface area contributed by atoms with Crippen molar-refractivity contribution in [3.05, 3.63) is 23.8 Å². The second kappa shape index (κ2) is 7.62. The number of amides is 1. The van der Waals surface area contributed by atoms with Crippen molar-refractivity contribution in [3.63, 3.8) is 0 Å². The van der Waals surface area contributed by atoms with E-state index in [-0.39, 0.29) is 19.2 Å². The summed E-state index contributed by atoms with van der Waals surface area (Å²) in [7, 11) is 0. The molecule has 0 aromatic heterocycles. The average Bonchev–Trinajstić information content (AvgIpc) is 3.16. The van der Waals surface area contributed by atoms with Crippen molar-refractivity contribution in [2.45, 2.75) is 43.9 Å². The largest absolute Gasteiger partial charge is 0.454 e. The van der Waals surface area contributed by atoms with Crippen LogP contribution in [0.1, 0.15) is 37.7 Å². The number of rotatable bonds is 4. The molecule has 5 nitrogen and oxygen atoms in total. The Hall–Kier alpha value is -1.89. The highest BCUT2D eigenvalue weighted by atomic mass is 19.3. The number of halogens is 2. The number of nitrogens with zero attached hydrogens (tertiary/aromatic N) is 2. The predicted octanol–water partition coefficient (Wildman–Crippen LogP) is 3.03. The molecule has 148 valence electrons. The second-order valence-corrected chi connectivity index (χ2v) is 7.69. The number of ether oxygens (including phenoxy) is 2. The van der Waals surface area contributed by atoms with E-state index in [9.17, 15) is 13.6 Å². The van der Waals surface area contributed by atoms with E-state index in [0.717, 1.165) is 43.4 Å². The zero-order valence-corrected chi connectivity index (χ0v) is 15.5. The van der Waals surface area contributed by atoms with Crippen molar-refractivity contribution < 1.29 is 23.0 Å². The zero-order valence-electron chi connectivity index (χ0n) is 15.5. The first-order valence-corrected chi connectivity index (χ1v) is 9.78. The number of piperazine rings is 1. The Morgan fingerprint density at radius 1 is 1.04 bits per heavy atom. The quantitative estimate of drug-likeness (QED) is 0.805. The fourth-order valence-corrected chi connectivity index (χ4v) is 4.61. The number of hydrogen-bond donors (Lipinski definition) is 0. The molecule has 4 rings (SSSR count). The van der Waals surface area contributed by atoms with Gasteiger partial charge in [0.1, 0.15) is 0 Å². The second-order valence-electron chi connectivity index (χ2n) is 7.69. The van der Waals surface area contributed by atoms with Crippen molar-refractivity contribution in [2.24, 2.45) is 0 Å². The summed E-state index contributed by atoms with van der Waals surface area (Å²) in [5.74, 6) is 1.56. The van der Waals surface area contributed by atoms with Gasteiger partial charge >= 0.3 is 0 Å². The lowest BCUT2D eigenvalue weighted by atomic mass is 9.68. The molecular formula is C20H26F2N2O3. The van der Waals surface area contributed by atoms with E-state index < -0.39 is 11.8 Å². The van der Waals surface area contributed by atoms with Crippen LogP contribution in [0.15, 0.2) is 18.2 Å². The van der Waals surface area contributed by atoms with Gasteiger partial charge in [0.25, 0.3) is 6.43 Å². The SMILES string of the molecule is O=C(N1CCN(CC(F)F)CC1)C1(c2ccc3c(c2)OCO3)CCCCC1. The van der Waals surface area contributed by atoms with Crippen LogP contribution in [0.4, 0.5) is 8.78 Å². The van der Waals surface area contributed by atoms with E-state index in [4.69, 9.17) is 9.47 Å². The van der Waals surface area contributed by atoms with Crippen LogP contribution in [0.25, 0.3) is 0 Å². The third-order valence-electron chi connectivity index (χ3n) is 6.10. The van der Waals surface area contributed by atoms with Gasteiger partial charge in [-0.05, 0) is 30.5 Å². The minimum atomic E-state index is -2.33. The molecule has 1 amide bonds. The summed E-state index contributed by atoms with van der Waals surface area (Å²) in [5.41, 5.74) is 0.455. The van der Waals surface area contributed by atoms with Crippen molar-refractivity contribution >= 4 is 5.91 Å². The molecule has 1 aromatic carbocycles. The van der Waals surface area contributed by atoms with Gasteiger partial charge in [0.15, 0.2) is 11.5 Å². The first-order valence-electron chi connectivity index (χ1n) is 9.78. The summed E-state index contributed by atoms with van der Waals surface area (Å²) >= 11 is 0. The third kappa shape index (κ3) is 3.61. The molecule has 0 spiro atoms. The topological polar surface area (TPSA) is 42.0 Å². The highest BCUT2D eigenvalue weighted by Crippen LogP contribution is 2.44. The molecule has 1 saturated heterocycles. The molecule has 3 aliphatic rings. The summed E-state index contributed by atoms with van der Waals surface area (Å²) in [6.45, 7) is 2.04. The van der Waals surface area contributed by atoms with Crippen molar-refractivity contribution in [1.82, 2.24) is 9.80 Å². The summed E-state index contributed by atoms with van der Waals surface area (Å²) in [6.07, 6.45) is 2.50. The monoisotopic (exact) mass is 380 g/mol. The van der Waals surface area contributed by atoms with Crippen LogP contribution in [-0.2, 0) is 10.2 Å². The molecule has 0 bridgehead atoms. The van der Waals surface area contributed by atoms with Crippen LogP contribution in [0.2, 0.25) is 0 Å². The first-order chi connectivity index (χ1) is 13.1. The third-order valence-corrected chi connectivity index (χ3v) is 6.10. The van der Waals surface area contributed by atoms with Crippen LogP contribution in [0.3, 0.4) is 0 Å². The minimum absolute atomic E-state index is 0.137.